The van der Waals surface area contributed by atoms with Gasteiger partial charge in [0.1, 0.15) is 5.75 Å². The molecule has 3 amide bonds. The second-order valence-corrected chi connectivity index (χ2v) is 9.83. The summed E-state index contributed by atoms with van der Waals surface area (Å²) >= 11 is 0. The molecule has 4 N–H and O–H groups in total. The van der Waals surface area contributed by atoms with Gasteiger partial charge in [-0.25, -0.2) is 4.79 Å². The number of unbranched alkanes of at least 4 members (excludes halogenated alkanes) is 15. The zero-order valence-electron chi connectivity index (χ0n) is 22.2. The number of benzene rings is 1. The van der Waals surface area contributed by atoms with Gasteiger partial charge >= 0.3 is 6.03 Å². The molecule has 0 heterocycles. The fraction of sp³-hybridized carbons (Fsp3) is 0.724. The Labute approximate surface area is 214 Å². The zero-order chi connectivity index (χ0) is 25.6. The number of aryl methyl sites for hydroxylation is 1. The highest BCUT2D eigenvalue weighted by Gasteiger charge is 2.11. The Bertz CT molecular complexity index is 664. The van der Waals surface area contributed by atoms with Crippen molar-refractivity contribution in [1.29, 1.82) is 0 Å². The van der Waals surface area contributed by atoms with Gasteiger partial charge in [-0.05, 0) is 30.5 Å². The summed E-state index contributed by atoms with van der Waals surface area (Å²) < 4.78 is 0. The van der Waals surface area contributed by atoms with Crippen LogP contribution in [0.1, 0.15) is 122 Å². The van der Waals surface area contributed by atoms with E-state index in [1.54, 1.807) is 24.3 Å². The highest BCUT2D eigenvalue weighted by Crippen LogP contribution is 2.14. The van der Waals surface area contributed by atoms with E-state index in [2.05, 4.69) is 12.2 Å². The SMILES string of the molecule is CCCCCCCCCCCCCCCCCCN(CNC(=O)CCc1ccc(O)cc1)C(N)=O. The van der Waals surface area contributed by atoms with Gasteiger partial charge in [0.2, 0.25) is 5.91 Å². The first-order valence-electron chi connectivity index (χ1n) is 14.1. The van der Waals surface area contributed by atoms with Gasteiger partial charge in [0.05, 0.1) is 6.67 Å². The summed E-state index contributed by atoms with van der Waals surface area (Å²) in [6.45, 7) is 3.00. The monoisotopic (exact) mass is 489 g/mol. The topological polar surface area (TPSA) is 95.7 Å². The fourth-order valence-electron chi connectivity index (χ4n) is 4.31. The lowest BCUT2D eigenvalue weighted by molar-refractivity contribution is -0.121. The number of urea groups is 1. The fourth-order valence-corrected chi connectivity index (χ4v) is 4.31. The second-order valence-electron chi connectivity index (χ2n) is 9.83. The smallest absolute Gasteiger partial charge is 0.316 e. The molecule has 0 saturated heterocycles. The summed E-state index contributed by atoms with van der Waals surface area (Å²) in [5, 5.41) is 12.1. The molecule has 0 saturated carbocycles. The third-order valence-electron chi connectivity index (χ3n) is 6.64. The number of phenolic OH excluding ortho intramolecular Hbond substituents is 1. The van der Waals surface area contributed by atoms with E-state index >= 15 is 0 Å². The number of nitrogens with one attached hydrogen (secondary N) is 1. The Balaban J connectivity index is 1.96. The number of aromatic hydroxyl groups is 1. The number of hydrogen-bond donors (Lipinski definition) is 3. The average molecular weight is 490 g/mol. The van der Waals surface area contributed by atoms with E-state index in [9.17, 15) is 14.7 Å². The van der Waals surface area contributed by atoms with E-state index in [1.165, 1.54) is 94.8 Å². The minimum atomic E-state index is -0.496. The molecule has 1 aromatic carbocycles. The van der Waals surface area contributed by atoms with E-state index in [1.807, 2.05) is 0 Å². The summed E-state index contributed by atoms with van der Waals surface area (Å²) in [5.74, 6) is 0.0979. The van der Waals surface area contributed by atoms with Gasteiger partial charge in [-0.15, -0.1) is 0 Å². The van der Waals surface area contributed by atoms with Gasteiger partial charge in [-0.1, -0.05) is 115 Å². The molecular formula is C29H51N3O3. The van der Waals surface area contributed by atoms with Crippen molar-refractivity contribution in [2.45, 2.75) is 122 Å². The van der Waals surface area contributed by atoms with Crippen LogP contribution in [0, 0.1) is 0 Å². The molecule has 0 aliphatic heterocycles. The summed E-state index contributed by atoms with van der Waals surface area (Å²) in [6.07, 6.45) is 21.9. The van der Waals surface area contributed by atoms with Crippen LogP contribution in [0.15, 0.2) is 24.3 Å². The highest BCUT2D eigenvalue weighted by atomic mass is 16.3. The highest BCUT2D eigenvalue weighted by molar-refractivity contribution is 5.77. The number of rotatable bonds is 22. The zero-order valence-corrected chi connectivity index (χ0v) is 22.2. The number of nitrogens with two attached hydrogens (primary N) is 1. The first-order chi connectivity index (χ1) is 17.0. The molecule has 0 atom stereocenters. The number of carbonyl (C=O) groups is 2. The second kappa shape index (κ2) is 21.1. The van der Waals surface area contributed by atoms with E-state index in [4.69, 9.17) is 5.73 Å². The van der Waals surface area contributed by atoms with Crippen molar-refractivity contribution in [2.75, 3.05) is 13.2 Å². The normalized spacial score (nSPS) is 10.9. The Morgan fingerprint density at radius 1 is 0.771 bits per heavy atom. The van der Waals surface area contributed by atoms with Gasteiger partial charge in [-0.2, -0.15) is 0 Å². The molecule has 6 nitrogen and oxygen atoms in total. The van der Waals surface area contributed by atoms with Crippen molar-refractivity contribution in [3.63, 3.8) is 0 Å². The third kappa shape index (κ3) is 17.8. The van der Waals surface area contributed by atoms with Crippen molar-refractivity contribution in [2.24, 2.45) is 5.73 Å². The third-order valence-corrected chi connectivity index (χ3v) is 6.64. The predicted octanol–water partition coefficient (Wildman–Crippen LogP) is 7.04. The lowest BCUT2D eigenvalue weighted by atomic mass is 10.0. The predicted molar refractivity (Wildman–Crippen MR) is 145 cm³/mol. The number of hydrogen-bond acceptors (Lipinski definition) is 3. The van der Waals surface area contributed by atoms with Crippen LogP contribution in [0.2, 0.25) is 0 Å². The van der Waals surface area contributed by atoms with Gasteiger partial charge in [0, 0.05) is 13.0 Å². The van der Waals surface area contributed by atoms with Crippen LogP contribution in [0.5, 0.6) is 5.75 Å². The van der Waals surface area contributed by atoms with Crippen LogP contribution in [0.25, 0.3) is 0 Å². The van der Waals surface area contributed by atoms with Crippen LogP contribution >= 0.6 is 0 Å². The molecule has 0 aromatic heterocycles. The van der Waals surface area contributed by atoms with Crippen LogP contribution in [0.3, 0.4) is 0 Å². The number of phenols is 1. The quantitative estimate of drug-likeness (QED) is 0.120. The molecule has 0 aliphatic carbocycles. The van der Waals surface area contributed by atoms with Gasteiger partial charge < -0.3 is 21.1 Å². The van der Waals surface area contributed by atoms with Crippen molar-refractivity contribution < 1.29 is 14.7 Å². The largest absolute Gasteiger partial charge is 0.508 e. The maximum absolute atomic E-state index is 12.1. The van der Waals surface area contributed by atoms with Gasteiger partial charge in [0.15, 0.2) is 0 Å². The van der Waals surface area contributed by atoms with Gasteiger partial charge in [0.25, 0.3) is 0 Å². The first-order valence-corrected chi connectivity index (χ1v) is 14.1. The molecule has 1 aromatic rings. The lowest BCUT2D eigenvalue weighted by Crippen LogP contribution is -2.44. The van der Waals surface area contributed by atoms with E-state index in [-0.39, 0.29) is 18.3 Å². The molecule has 0 aliphatic rings. The summed E-state index contributed by atoms with van der Waals surface area (Å²) in [4.78, 5) is 25.3. The number of carbonyl (C=O) groups excluding carboxylic acids is 2. The van der Waals surface area contributed by atoms with Crippen LogP contribution in [-0.4, -0.2) is 35.2 Å². The van der Waals surface area contributed by atoms with Gasteiger partial charge in [-0.3, -0.25) is 4.79 Å². The molecule has 0 unspecified atom stereocenters. The van der Waals surface area contributed by atoms with E-state index in [0.717, 1.165) is 18.4 Å². The maximum Gasteiger partial charge on any atom is 0.316 e. The number of nitrogens with zero attached hydrogens (tertiary/aromatic N) is 1. The molecule has 1 rings (SSSR count). The Morgan fingerprint density at radius 3 is 1.69 bits per heavy atom. The molecule has 0 radical (unpaired) electrons. The molecule has 35 heavy (non-hydrogen) atoms. The van der Waals surface area contributed by atoms with Crippen LogP contribution < -0.4 is 11.1 Å². The molecule has 0 bridgehead atoms. The van der Waals surface area contributed by atoms with E-state index < -0.39 is 6.03 Å². The standard InChI is InChI=1S/C29H51N3O3/c1-2-3-4-5-6-7-8-9-10-11-12-13-14-15-16-17-24-32(29(30)35)25-31-28(34)23-20-26-18-21-27(33)22-19-26/h18-19,21-22,33H,2-17,20,23-25H2,1H3,(H2,30,35)(H,31,34). The van der Waals surface area contributed by atoms with Crippen LogP contribution in [-0.2, 0) is 11.2 Å². The van der Waals surface area contributed by atoms with Crippen molar-refractivity contribution in [3.8, 4) is 5.75 Å². The summed E-state index contributed by atoms with van der Waals surface area (Å²) in [5.41, 5.74) is 6.46. The molecule has 0 spiro atoms. The minimum absolute atomic E-state index is 0.115. The maximum atomic E-state index is 12.1. The first kappa shape index (κ1) is 30.8. The molecular weight excluding hydrogens is 438 g/mol. The lowest BCUT2D eigenvalue weighted by Gasteiger charge is -2.20. The number of amides is 3. The summed E-state index contributed by atoms with van der Waals surface area (Å²) in [7, 11) is 0. The average Bonchev–Trinajstić information content (AvgIpc) is 2.85. The minimum Gasteiger partial charge on any atom is -0.508 e. The Hall–Kier alpha value is -2.24. The Morgan fingerprint density at radius 2 is 1.23 bits per heavy atom. The van der Waals surface area contributed by atoms with Crippen molar-refractivity contribution in [3.05, 3.63) is 29.8 Å². The van der Waals surface area contributed by atoms with Crippen molar-refractivity contribution in [1.82, 2.24) is 10.2 Å². The Kier molecular flexibility index (Phi) is 18.5. The van der Waals surface area contributed by atoms with Crippen molar-refractivity contribution >= 4 is 11.9 Å². The molecule has 0 fully saturated rings. The van der Waals surface area contributed by atoms with E-state index in [0.29, 0.717) is 19.4 Å². The molecule has 200 valence electrons. The number of primary amides is 1. The summed E-state index contributed by atoms with van der Waals surface area (Å²) in [6, 6.07) is 6.33. The van der Waals surface area contributed by atoms with Crippen LogP contribution in [0.4, 0.5) is 4.79 Å². The molecule has 6 heteroatoms.